The topological polar surface area (TPSA) is 132 Å². The Hall–Kier alpha value is -1.45. The van der Waals surface area contributed by atoms with E-state index in [9.17, 15) is 13.2 Å². The minimum atomic E-state index is -4.02. The van der Waals surface area contributed by atoms with E-state index < -0.39 is 27.2 Å². The summed E-state index contributed by atoms with van der Waals surface area (Å²) in [7, 11) is -4.02. The largest absolute Gasteiger partial charge is 0.476 e. The van der Waals surface area contributed by atoms with Crippen molar-refractivity contribution in [2.45, 2.75) is 30.2 Å². The van der Waals surface area contributed by atoms with Gasteiger partial charge < -0.3 is 10.2 Å². The first-order chi connectivity index (χ1) is 8.31. The number of carbonyl (C=O) groups is 1. The molecule has 1 fully saturated rings. The number of aromatic amines is 1. The second-order valence-electron chi connectivity index (χ2n) is 4.38. The van der Waals surface area contributed by atoms with E-state index in [1.165, 1.54) is 6.92 Å². The van der Waals surface area contributed by atoms with Crippen LogP contribution >= 0.6 is 0 Å². The summed E-state index contributed by atoms with van der Waals surface area (Å²) >= 11 is 0. The van der Waals surface area contributed by atoms with Gasteiger partial charge >= 0.3 is 5.97 Å². The molecule has 0 spiro atoms. The molecule has 1 saturated carbocycles. The van der Waals surface area contributed by atoms with Gasteiger partial charge in [0.1, 0.15) is 4.90 Å². The van der Waals surface area contributed by atoms with Gasteiger partial charge in [0, 0.05) is 0 Å². The van der Waals surface area contributed by atoms with Gasteiger partial charge in [-0.1, -0.05) is 0 Å². The van der Waals surface area contributed by atoms with E-state index in [0.29, 0.717) is 12.8 Å². The SMILES string of the molecule is Cc1[nH]nc(C(=O)O)c1S(=O)(=O)NC1(CO)CC1. The number of hydrogen-bond acceptors (Lipinski definition) is 5. The zero-order valence-corrected chi connectivity index (χ0v) is 10.4. The number of rotatable bonds is 5. The Balaban J connectivity index is 2.41. The van der Waals surface area contributed by atoms with E-state index in [-0.39, 0.29) is 17.2 Å². The van der Waals surface area contributed by atoms with Gasteiger partial charge in [-0.2, -0.15) is 5.10 Å². The first-order valence-corrected chi connectivity index (χ1v) is 6.73. The summed E-state index contributed by atoms with van der Waals surface area (Å²) in [4.78, 5) is 10.5. The van der Waals surface area contributed by atoms with Crippen LogP contribution in [0.3, 0.4) is 0 Å². The molecule has 0 unspecified atom stereocenters. The normalized spacial score (nSPS) is 17.7. The smallest absolute Gasteiger partial charge is 0.357 e. The number of sulfonamides is 1. The molecular weight excluding hydrogens is 262 g/mol. The van der Waals surface area contributed by atoms with E-state index in [1.807, 2.05) is 0 Å². The fourth-order valence-corrected chi connectivity index (χ4v) is 3.45. The van der Waals surface area contributed by atoms with Gasteiger partial charge in [0.2, 0.25) is 10.0 Å². The molecule has 1 aliphatic carbocycles. The van der Waals surface area contributed by atoms with Crippen molar-refractivity contribution in [1.29, 1.82) is 0 Å². The van der Waals surface area contributed by atoms with E-state index in [0.717, 1.165) is 0 Å². The summed E-state index contributed by atoms with van der Waals surface area (Å²) in [5.41, 5.74) is -1.25. The molecule has 1 aliphatic rings. The maximum Gasteiger partial charge on any atom is 0.357 e. The highest BCUT2D eigenvalue weighted by Crippen LogP contribution is 2.36. The van der Waals surface area contributed by atoms with Crippen LogP contribution in [0, 0.1) is 6.92 Å². The predicted octanol–water partition coefficient (Wildman–Crippen LogP) is -0.780. The summed E-state index contributed by atoms with van der Waals surface area (Å²) in [6.07, 6.45) is 1.06. The molecule has 0 aromatic carbocycles. The molecule has 18 heavy (non-hydrogen) atoms. The van der Waals surface area contributed by atoms with Crippen molar-refractivity contribution >= 4 is 16.0 Å². The van der Waals surface area contributed by atoms with Gasteiger partial charge in [-0.25, -0.2) is 17.9 Å². The second kappa shape index (κ2) is 4.04. The number of carboxylic acids is 1. The fraction of sp³-hybridized carbons (Fsp3) is 0.556. The van der Waals surface area contributed by atoms with Crippen molar-refractivity contribution in [2.75, 3.05) is 6.61 Å². The minimum Gasteiger partial charge on any atom is -0.476 e. The minimum absolute atomic E-state index is 0.147. The molecule has 4 N–H and O–H groups in total. The third-order valence-electron chi connectivity index (χ3n) is 2.87. The molecule has 1 aromatic rings. The summed E-state index contributed by atoms with van der Waals surface area (Å²) < 4.78 is 26.5. The highest BCUT2D eigenvalue weighted by atomic mass is 32.2. The van der Waals surface area contributed by atoms with E-state index in [2.05, 4.69) is 14.9 Å². The average molecular weight is 275 g/mol. The monoisotopic (exact) mass is 275 g/mol. The molecule has 0 amide bonds. The molecule has 0 radical (unpaired) electrons. The predicted molar refractivity (Wildman–Crippen MR) is 59.7 cm³/mol. The molecule has 1 aromatic heterocycles. The van der Waals surface area contributed by atoms with Crippen LogP contribution in [0.25, 0.3) is 0 Å². The Labute approximate surface area is 103 Å². The van der Waals surface area contributed by atoms with Crippen LogP contribution < -0.4 is 4.72 Å². The highest BCUT2D eigenvalue weighted by molar-refractivity contribution is 7.89. The Kier molecular flexibility index (Phi) is 2.92. The van der Waals surface area contributed by atoms with Gasteiger partial charge in [0.25, 0.3) is 0 Å². The third-order valence-corrected chi connectivity index (χ3v) is 4.61. The standard InChI is InChI=1S/C9H13N3O5S/c1-5-7(6(8(14)15)11-10-5)18(16,17)12-9(4-13)2-3-9/h12-13H,2-4H2,1H3,(H,10,11)(H,14,15). The third kappa shape index (κ3) is 2.11. The Morgan fingerprint density at radius 3 is 2.61 bits per heavy atom. The number of aromatic carboxylic acids is 1. The van der Waals surface area contributed by atoms with Gasteiger partial charge in [-0.15, -0.1) is 0 Å². The van der Waals surface area contributed by atoms with Crippen molar-refractivity contribution in [1.82, 2.24) is 14.9 Å². The molecule has 1 heterocycles. The number of aryl methyl sites for hydroxylation is 1. The lowest BCUT2D eigenvalue weighted by molar-refractivity contribution is 0.0686. The number of nitrogens with zero attached hydrogens (tertiary/aromatic N) is 1. The Morgan fingerprint density at radius 2 is 2.17 bits per heavy atom. The molecular formula is C9H13N3O5S. The van der Waals surface area contributed by atoms with E-state index in [1.54, 1.807) is 0 Å². The molecule has 0 saturated heterocycles. The fourth-order valence-electron chi connectivity index (χ4n) is 1.67. The zero-order valence-electron chi connectivity index (χ0n) is 9.60. The van der Waals surface area contributed by atoms with Crippen LogP contribution in [-0.2, 0) is 10.0 Å². The Bertz CT molecular complexity index is 587. The lowest BCUT2D eigenvalue weighted by Crippen LogP contribution is -2.40. The zero-order chi connectivity index (χ0) is 13.6. The van der Waals surface area contributed by atoms with E-state index in [4.69, 9.17) is 10.2 Å². The number of aliphatic hydroxyl groups is 1. The quantitative estimate of drug-likeness (QED) is 0.557. The first-order valence-electron chi connectivity index (χ1n) is 5.24. The molecule has 8 nitrogen and oxygen atoms in total. The summed E-state index contributed by atoms with van der Waals surface area (Å²) in [5, 5.41) is 23.8. The summed E-state index contributed by atoms with van der Waals surface area (Å²) in [5.74, 6) is -1.42. The average Bonchev–Trinajstić information content (AvgIpc) is 2.90. The highest BCUT2D eigenvalue weighted by Gasteiger charge is 2.46. The summed E-state index contributed by atoms with van der Waals surface area (Å²) in [6, 6.07) is 0. The molecule has 9 heteroatoms. The van der Waals surface area contributed by atoms with Crippen LogP contribution in [0.2, 0.25) is 0 Å². The summed E-state index contributed by atoms with van der Waals surface area (Å²) in [6.45, 7) is 1.11. The number of H-pyrrole nitrogens is 1. The number of aliphatic hydroxyl groups excluding tert-OH is 1. The van der Waals surface area contributed by atoms with Gasteiger partial charge in [-0.3, -0.25) is 5.10 Å². The Morgan fingerprint density at radius 1 is 1.56 bits per heavy atom. The van der Waals surface area contributed by atoms with Crippen molar-refractivity contribution in [3.63, 3.8) is 0 Å². The maximum absolute atomic E-state index is 12.1. The lowest BCUT2D eigenvalue weighted by Gasteiger charge is -2.14. The molecule has 100 valence electrons. The van der Waals surface area contributed by atoms with Crippen molar-refractivity contribution in [3.8, 4) is 0 Å². The van der Waals surface area contributed by atoms with Crippen molar-refractivity contribution in [3.05, 3.63) is 11.4 Å². The van der Waals surface area contributed by atoms with Gasteiger partial charge in [0.15, 0.2) is 5.69 Å². The van der Waals surface area contributed by atoms with Crippen molar-refractivity contribution in [2.24, 2.45) is 0 Å². The van der Waals surface area contributed by atoms with Gasteiger partial charge in [0.05, 0.1) is 17.8 Å². The number of nitrogens with one attached hydrogen (secondary N) is 2. The van der Waals surface area contributed by atoms with E-state index >= 15 is 0 Å². The molecule has 2 rings (SSSR count). The van der Waals surface area contributed by atoms with Crippen LogP contribution in [0.5, 0.6) is 0 Å². The van der Waals surface area contributed by atoms with Crippen LogP contribution in [0.4, 0.5) is 0 Å². The molecule has 0 bridgehead atoms. The number of hydrogen-bond donors (Lipinski definition) is 4. The van der Waals surface area contributed by atoms with Crippen LogP contribution in [0.15, 0.2) is 4.90 Å². The molecule has 0 aliphatic heterocycles. The number of carboxylic acid groups (broad SMARTS) is 1. The first kappa shape index (κ1) is 13.0. The maximum atomic E-state index is 12.1. The number of aromatic nitrogens is 2. The lowest BCUT2D eigenvalue weighted by atomic mass is 10.3. The van der Waals surface area contributed by atoms with Crippen LogP contribution in [-0.4, -0.2) is 46.9 Å². The second-order valence-corrected chi connectivity index (χ2v) is 5.99. The van der Waals surface area contributed by atoms with Crippen LogP contribution in [0.1, 0.15) is 29.0 Å². The molecule has 0 atom stereocenters. The van der Waals surface area contributed by atoms with Crippen molar-refractivity contribution < 1.29 is 23.4 Å². The van der Waals surface area contributed by atoms with Gasteiger partial charge in [-0.05, 0) is 19.8 Å².